The number of H-pyrrole nitrogens is 1. The minimum absolute atomic E-state index is 0.421. The lowest BCUT2D eigenvalue weighted by molar-refractivity contribution is 0.468. The van der Waals surface area contributed by atoms with Crippen molar-refractivity contribution < 1.29 is 9.50 Å². The SMILES string of the molecule is O=c1[nH]c2c(Br)cc(F)cc2cc1O. The first-order valence-electron chi connectivity index (χ1n) is 3.79. The van der Waals surface area contributed by atoms with Crippen LogP contribution < -0.4 is 5.56 Å². The topological polar surface area (TPSA) is 53.1 Å². The maximum Gasteiger partial charge on any atom is 0.290 e. The highest BCUT2D eigenvalue weighted by atomic mass is 79.9. The predicted octanol–water partition coefficient (Wildman–Crippen LogP) is 2.14. The summed E-state index contributed by atoms with van der Waals surface area (Å²) in [6.45, 7) is 0. The van der Waals surface area contributed by atoms with Gasteiger partial charge in [0.25, 0.3) is 5.56 Å². The summed E-state index contributed by atoms with van der Waals surface area (Å²) in [7, 11) is 0. The van der Waals surface area contributed by atoms with Gasteiger partial charge in [0.2, 0.25) is 0 Å². The lowest BCUT2D eigenvalue weighted by atomic mass is 10.2. The van der Waals surface area contributed by atoms with Gasteiger partial charge in [-0.1, -0.05) is 0 Å². The number of nitrogens with one attached hydrogen (secondary N) is 1. The summed E-state index contributed by atoms with van der Waals surface area (Å²) in [6, 6.07) is 3.70. The molecule has 0 aliphatic heterocycles. The van der Waals surface area contributed by atoms with Crippen LogP contribution in [-0.2, 0) is 0 Å². The minimum Gasteiger partial charge on any atom is -0.503 e. The van der Waals surface area contributed by atoms with Crippen molar-refractivity contribution in [3.05, 3.63) is 38.8 Å². The van der Waals surface area contributed by atoms with Gasteiger partial charge in [-0.25, -0.2) is 4.39 Å². The number of hydrogen-bond acceptors (Lipinski definition) is 2. The molecule has 0 aliphatic rings. The molecule has 1 aromatic heterocycles. The number of aromatic amines is 1. The van der Waals surface area contributed by atoms with Gasteiger partial charge in [0.1, 0.15) is 5.82 Å². The first-order chi connectivity index (χ1) is 6.58. The highest BCUT2D eigenvalue weighted by Crippen LogP contribution is 2.23. The molecule has 14 heavy (non-hydrogen) atoms. The third kappa shape index (κ3) is 1.39. The molecule has 0 bridgehead atoms. The van der Waals surface area contributed by atoms with E-state index in [-0.39, 0.29) is 0 Å². The Balaban J connectivity index is 2.96. The molecule has 0 spiro atoms. The zero-order chi connectivity index (χ0) is 10.3. The highest BCUT2D eigenvalue weighted by Gasteiger charge is 2.05. The molecular formula is C9H5BrFNO2. The first-order valence-corrected chi connectivity index (χ1v) is 4.58. The Morgan fingerprint density at radius 2 is 2.07 bits per heavy atom. The van der Waals surface area contributed by atoms with Gasteiger partial charge >= 0.3 is 0 Å². The Bertz CT molecular complexity index is 564. The van der Waals surface area contributed by atoms with Crippen LogP contribution in [-0.4, -0.2) is 10.1 Å². The molecule has 0 amide bonds. The fourth-order valence-electron chi connectivity index (χ4n) is 1.23. The monoisotopic (exact) mass is 257 g/mol. The van der Waals surface area contributed by atoms with Crippen LogP contribution in [0.4, 0.5) is 4.39 Å². The molecule has 1 heterocycles. The molecule has 0 saturated carbocycles. The Hall–Kier alpha value is -1.36. The molecule has 0 atom stereocenters. The van der Waals surface area contributed by atoms with Gasteiger partial charge in [-0.3, -0.25) is 4.79 Å². The van der Waals surface area contributed by atoms with Gasteiger partial charge in [-0.2, -0.15) is 0 Å². The van der Waals surface area contributed by atoms with E-state index >= 15 is 0 Å². The molecule has 2 N–H and O–H groups in total. The van der Waals surface area contributed by atoms with E-state index in [9.17, 15) is 9.18 Å². The van der Waals surface area contributed by atoms with E-state index in [4.69, 9.17) is 5.11 Å². The molecule has 1 aromatic carbocycles. The normalized spacial score (nSPS) is 10.7. The quantitative estimate of drug-likeness (QED) is 0.760. The second-order valence-corrected chi connectivity index (χ2v) is 3.69. The van der Waals surface area contributed by atoms with Crippen molar-refractivity contribution >= 4 is 26.8 Å². The molecule has 72 valence electrons. The van der Waals surface area contributed by atoms with Crippen molar-refractivity contribution in [1.82, 2.24) is 4.98 Å². The largest absolute Gasteiger partial charge is 0.503 e. The summed E-state index contributed by atoms with van der Waals surface area (Å²) in [5.41, 5.74) is -0.126. The third-order valence-corrected chi connectivity index (χ3v) is 2.47. The Kier molecular flexibility index (Phi) is 2.03. The number of pyridine rings is 1. The van der Waals surface area contributed by atoms with Crippen molar-refractivity contribution in [1.29, 1.82) is 0 Å². The number of aromatic nitrogens is 1. The number of benzene rings is 1. The van der Waals surface area contributed by atoms with Crippen molar-refractivity contribution in [2.45, 2.75) is 0 Å². The van der Waals surface area contributed by atoms with Crippen LogP contribution in [0.25, 0.3) is 10.9 Å². The average Bonchev–Trinajstić information content (AvgIpc) is 2.08. The fourth-order valence-corrected chi connectivity index (χ4v) is 1.78. The van der Waals surface area contributed by atoms with Crippen molar-refractivity contribution in [3.63, 3.8) is 0 Å². The Labute approximate surface area is 86.3 Å². The lowest BCUT2D eigenvalue weighted by Crippen LogP contribution is -2.04. The van der Waals surface area contributed by atoms with Crippen molar-refractivity contribution in [2.75, 3.05) is 0 Å². The molecule has 0 unspecified atom stereocenters. The Morgan fingerprint density at radius 3 is 2.79 bits per heavy atom. The second kappa shape index (κ2) is 3.09. The minimum atomic E-state index is -0.593. The summed E-state index contributed by atoms with van der Waals surface area (Å²) in [5, 5.41) is 9.56. The molecule has 2 aromatic rings. The van der Waals surface area contributed by atoms with Crippen LogP contribution in [0.15, 0.2) is 27.5 Å². The van der Waals surface area contributed by atoms with E-state index in [1.807, 2.05) is 0 Å². The zero-order valence-corrected chi connectivity index (χ0v) is 8.43. The van der Waals surface area contributed by atoms with E-state index in [1.54, 1.807) is 0 Å². The smallest absolute Gasteiger partial charge is 0.290 e. The number of fused-ring (bicyclic) bond motifs is 1. The van der Waals surface area contributed by atoms with Crippen LogP contribution in [0, 0.1) is 5.82 Å². The van der Waals surface area contributed by atoms with Crippen molar-refractivity contribution in [2.24, 2.45) is 0 Å². The van der Waals surface area contributed by atoms with Crippen molar-refractivity contribution in [3.8, 4) is 5.75 Å². The number of halogens is 2. The van der Waals surface area contributed by atoms with Crippen LogP contribution >= 0.6 is 15.9 Å². The van der Waals surface area contributed by atoms with Gasteiger partial charge in [0.05, 0.1) is 5.52 Å². The zero-order valence-electron chi connectivity index (χ0n) is 6.84. The van der Waals surface area contributed by atoms with Crippen LogP contribution in [0.2, 0.25) is 0 Å². The predicted molar refractivity (Wildman–Crippen MR) is 53.9 cm³/mol. The second-order valence-electron chi connectivity index (χ2n) is 2.84. The molecule has 0 radical (unpaired) electrons. The molecule has 0 saturated heterocycles. The number of hydrogen-bond donors (Lipinski definition) is 2. The molecule has 2 rings (SSSR count). The summed E-state index contributed by atoms with van der Waals surface area (Å²) in [4.78, 5) is 13.5. The van der Waals surface area contributed by atoms with Gasteiger partial charge in [0.15, 0.2) is 5.75 Å². The van der Waals surface area contributed by atoms with Crippen LogP contribution in [0.1, 0.15) is 0 Å². The molecule has 0 fully saturated rings. The highest BCUT2D eigenvalue weighted by molar-refractivity contribution is 9.10. The van der Waals surface area contributed by atoms with E-state index in [0.717, 1.165) is 0 Å². The maximum atomic E-state index is 12.9. The number of aromatic hydroxyl groups is 1. The summed E-state index contributed by atoms with van der Waals surface area (Å²) in [5.74, 6) is -0.856. The average molecular weight is 258 g/mol. The number of rotatable bonds is 0. The van der Waals surface area contributed by atoms with E-state index < -0.39 is 17.1 Å². The molecule has 3 nitrogen and oxygen atoms in total. The fraction of sp³-hybridized carbons (Fsp3) is 0. The molecule has 5 heteroatoms. The van der Waals surface area contributed by atoms with Crippen LogP contribution in [0.3, 0.4) is 0 Å². The summed E-state index contributed by atoms with van der Waals surface area (Å²) >= 11 is 3.11. The van der Waals surface area contributed by atoms with Gasteiger partial charge in [-0.15, -0.1) is 0 Å². The molecule has 0 aliphatic carbocycles. The summed E-state index contributed by atoms with van der Waals surface area (Å²) < 4.78 is 13.4. The Morgan fingerprint density at radius 1 is 1.36 bits per heavy atom. The lowest BCUT2D eigenvalue weighted by Gasteiger charge is -2.01. The van der Waals surface area contributed by atoms with Crippen LogP contribution in [0.5, 0.6) is 5.75 Å². The molecular weight excluding hydrogens is 253 g/mol. The van der Waals surface area contributed by atoms with E-state index in [2.05, 4.69) is 20.9 Å². The third-order valence-electron chi connectivity index (χ3n) is 1.85. The standard InChI is InChI=1S/C9H5BrFNO2/c10-6-3-5(11)1-4-2-7(13)9(14)12-8(4)6/h1-3,13H,(H,12,14). The van der Waals surface area contributed by atoms with Gasteiger partial charge in [0, 0.05) is 9.86 Å². The maximum absolute atomic E-state index is 12.9. The van der Waals surface area contributed by atoms with Gasteiger partial charge < -0.3 is 10.1 Å². The summed E-state index contributed by atoms with van der Waals surface area (Å²) in [6.07, 6.45) is 0. The van der Waals surface area contributed by atoms with E-state index in [0.29, 0.717) is 15.4 Å². The van der Waals surface area contributed by atoms with Gasteiger partial charge in [-0.05, 0) is 34.1 Å². The first kappa shape index (κ1) is 9.21. The van der Waals surface area contributed by atoms with E-state index in [1.165, 1.54) is 18.2 Å².